The van der Waals surface area contributed by atoms with Crippen LogP contribution in [0.1, 0.15) is 5.56 Å². The van der Waals surface area contributed by atoms with Gasteiger partial charge in [0.1, 0.15) is 24.0 Å². The minimum atomic E-state index is -3.06. The molecule has 4 nitrogen and oxygen atoms in total. The number of ether oxygens (including phenoxy) is 1. The number of halogens is 1. The fraction of sp³-hybridized carbons (Fsp3) is 0.300. The molecule has 0 radical (unpaired) electrons. The zero-order valence-electron chi connectivity index (χ0n) is 8.60. The van der Waals surface area contributed by atoms with Gasteiger partial charge in [-0.1, -0.05) is 17.7 Å². The van der Waals surface area contributed by atoms with Crippen LogP contribution in [0.25, 0.3) is 0 Å². The van der Waals surface area contributed by atoms with E-state index in [1.54, 1.807) is 18.2 Å². The topological polar surface area (TPSA) is 67.2 Å². The lowest BCUT2D eigenvalue weighted by molar-refractivity contribution is 0.340. The van der Waals surface area contributed by atoms with Crippen molar-refractivity contribution in [3.05, 3.63) is 28.8 Å². The molecule has 0 saturated carbocycles. The van der Waals surface area contributed by atoms with Gasteiger partial charge in [0.05, 0.1) is 10.8 Å². The molecular weight excluding hydrogens is 250 g/mol. The molecule has 0 heterocycles. The first-order valence-corrected chi connectivity index (χ1v) is 6.87. The molecule has 0 bridgehead atoms. The summed E-state index contributed by atoms with van der Waals surface area (Å²) in [5.74, 6) is 0.211. The van der Waals surface area contributed by atoms with Gasteiger partial charge in [0.15, 0.2) is 9.84 Å². The van der Waals surface area contributed by atoms with E-state index in [0.29, 0.717) is 10.8 Å². The van der Waals surface area contributed by atoms with Gasteiger partial charge in [-0.25, -0.2) is 8.42 Å². The second-order valence-corrected chi connectivity index (χ2v) is 5.87. The number of hydrogen-bond donors (Lipinski definition) is 0. The Labute approximate surface area is 99.3 Å². The molecule has 16 heavy (non-hydrogen) atoms. The molecule has 0 aliphatic heterocycles. The highest BCUT2D eigenvalue weighted by atomic mass is 35.5. The van der Waals surface area contributed by atoms with Crippen molar-refractivity contribution >= 4 is 21.4 Å². The quantitative estimate of drug-likeness (QED) is 0.824. The van der Waals surface area contributed by atoms with Crippen LogP contribution < -0.4 is 4.74 Å². The second kappa shape index (κ2) is 5.19. The third-order valence-corrected chi connectivity index (χ3v) is 3.02. The fourth-order valence-corrected chi connectivity index (χ4v) is 1.63. The number of nitriles is 1. The third kappa shape index (κ3) is 3.72. The van der Waals surface area contributed by atoms with Crippen molar-refractivity contribution in [1.29, 1.82) is 5.26 Å². The monoisotopic (exact) mass is 259 g/mol. The molecule has 0 aromatic heterocycles. The molecule has 0 fully saturated rings. The Kier molecular flexibility index (Phi) is 4.16. The van der Waals surface area contributed by atoms with Crippen LogP contribution in [0, 0.1) is 11.3 Å². The van der Waals surface area contributed by atoms with Crippen molar-refractivity contribution in [2.24, 2.45) is 0 Å². The van der Waals surface area contributed by atoms with Crippen LogP contribution in [0.15, 0.2) is 18.2 Å². The Balaban J connectivity index is 2.76. The fourth-order valence-electron chi connectivity index (χ4n) is 1.04. The third-order valence-electron chi connectivity index (χ3n) is 1.80. The summed E-state index contributed by atoms with van der Waals surface area (Å²) in [6.07, 6.45) is 1.12. The summed E-state index contributed by atoms with van der Waals surface area (Å²) in [6, 6.07) is 6.69. The van der Waals surface area contributed by atoms with Gasteiger partial charge in [-0.2, -0.15) is 5.26 Å². The maximum atomic E-state index is 10.9. The average molecular weight is 260 g/mol. The minimum Gasteiger partial charge on any atom is -0.491 e. The molecule has 0 saturated heterocycles. The van der Waals surface area contributed by atoms with Gasteiger partial charge in [0.2, 0.25) is 0 Å². The lowest BCUT2D eigenvalue weighted by atomic mass is 10.2. The molecule has 86 valence electrons. The molecule has 6 heteroatoms. The molecule has 1 aromatic rings. The minimum absolute atomic E-state index is 0.00779. The Morgan fingerprint density at radius 1 is 1.50 bits per heavy atom. The Hall–Kier alpha value is -1.25. The highest BCUT2D eigenvalue weighted by Gasteiger charge is 2.08. The first-order valence-electron chi connectivity index (χ1n) is 4.43. The van der Waals surface area contributed by atoms with E-state index >= 15 is 0 Å². The summed E-state index contributed by atoms with van der Waals surface area (Å²) in [6.45, 7) is 0.00779. The average Bonchev–Trinajstić information content (AvgIpc) is 2.16. The first kappa shape index (κ1) is 12.8. The van der Waals surface area contributed by atoms with Crippen molar-refractivity contribution in [3.63, 3.8) is 0 Å². The highest BCUT2D eigenvalue weighted by molar-refractivity contribution is 7.90. The number of hydrogen-bond acceptors (Lipinski definition) is 4. The van der Waals surface area contributed by atoms with Gasteiger partial charge >= 0.3 is 0 Å². The molecule has 0 N–H and O–H groups in total. The molecule has 0 aliphatic carbocycles. The molecule has 0 unspecified atom stereocenters. The van der Waals surface area contributed by atoms with Crippen molar-refractivity contribution in [2.75, 3.05) is 18.6 Å². The summed E-state index contributed by atoms with van der Waals surface area (Å²) < 4.78 is 26.9. The van der Waals surface area contributed by atoms with Crippen LogP contribution in [0.3, 0.4) is 0 Å². The van der Waals surface area contributed by atoms with Crippen LogP contribution >= 0.6 is 11.6 Å². The maximum absolute atomic E-state index is 10.9. The predicted octanol–water partition coefficient (Wildman–Crippen LogP) is 1.64. The van der Waals surface area contributed by atoms with E-state index in [1.165, 1.54) is 0 Å². The summed E-state index contributed by atoms with van der Waals surface area (Å²) >= 11 is 5.78. The van der Waals surface area contributed by atoms with Gasteiger partial charge < -0.3 is 4.74 Å². The first-order chi connectivity index (χ1) is 7.44. The van der Waals surface area contributed by atoms with E-state index in [4.69, 9.17) is 21.6 Å². The van der Waals surface area contributed by atoms with E-state index in [-0.39, 0.29) is 17.9 Å². The van der Waals surface area contributed by atoms with Crippen molar-refractivity contribution in [3.8, 4) is 11.8 Å². The molecule has 0 atom stereocenters. The van der Waals surface area contributed by atoms with Gasteiger partial charge in [-0.15, -0.1) is 0 Å². The van der Waals surface area contributed by atoms with E-state index < -0.39 is 9.84 Å². The van der Waals surface area contributed by atoms with Gasteiger partial charge in [0.25, 0.3) is 0 Å². The smallest absolute Gasteiger partial charge is 0.150 e. The van der Waals surface area contributed by atoms with E-state index in [2.05, 4.69) is 0 Å². The summed E-state index contributed by atoms with van der Waals surface area (Å²) in [4.78, 5) is 0. The summed E-state index contributed by atoms with van der Waals surface area (Å²) in [7, 11) is -3.06. The highest BCUT2D eigenvalue weighted by Crippen LogP contribution is 2.25. The lowest BCUT2D eigenvalue weighted by Crippen LogP contribution is -2.12. The van der Waals surface area contributed by atoms with Crippen LogP contribution in [0.5, 0.6) is 5.75 Å². The zero-order valence-corrected chi connectivity index (χ0v) is 10.2. The largest absolute Gasteiger partial charge is 0.491 e. The molecule has 0 spiro atoms. The zero-order chi connectivity index (χ0) is 12.2. The molecule has 1 aromatic carbocycles. The van der Waals surface area contributed by atoms with Crippen molar-refractivity contribution < 1.29 is 13.2 Å². The van der Waals surface area contributed by atoms with Gasteiger partial charge in [-0.3, -0.25) is 0 Å². The molecular formula is C10H10ClNO3S. The molecule has 0 aliphatic rings. The normalized spacial score (nSPS) is 10.8. The van der Waals surface area contributed by atoms with Crippen LogP contribution in [0.2, 0.25) is 5.02 Å². The molecule has 1 rings (SSSR count). The number of sulfone groups is 1. The van der Waals surface area contributed by atoms with E-state index in [0.717, 1.165) is 6.26 Å². The van der Waals surface area contributed by atoms with E-state index in [1.807, 2.05) is 6.07 Å². The SMILES string of the molecule is CS(=O)(=O)CCOc1cccc(Cl)c1C#N. The maximum Gasteiger partial charge on any atom is 0.150 e. The Morgan fingerprint density at radius 3 is 2.75 bits per heavy atom. The summed E-state index contributed by atoms with van der Waals surface area (Å²) in [5.41, 5.74) is 0.220. The van der Waals surface area contributed by atoms with Crippen LogP contribution in [-0.2, 0) is 9.84 Å². The predicted molar refractivity (Wildman–Crippen MR) is 61.4 cm³/mol. The Morgan fingerprint density at radius 2 is 2.19 bits per heavy atom. The second-order valence-electron chi connectivity index (χ2n) is 3.20. The molecule has 0 amide bonds. The van der Waals surface area contributed by atoms with Crippen LogP contribution in [-0.4, -0.2) is 27.0 Å². The standard InChI is InChI=1S/C10H10ClNO3S/c1-16(13,14)6-5-15-10-4-2-3-9(11)8(10)7-12/h2-4H,5-6H2,1H3. The van der Waals surface area contributed by atoms with Gasteiger partial charge in [0, 0.05) is 6.26 Å². The summed E-state index contributed by atoms with van der Waals surface area (Å²) in [5, 5.41) is 9.12. The lowest BCUT2D eigenvalue weighted by Gasteiger charge is -2.07. The van der Waals surface area contributed by atoms with E-state index in [9.17, 15) is 8.42 Å². The van der Waals surface area contributed by atoms with Crippen LogP contribution in [0.4, 0.5) is 0 Å². The van der Waals surface area contributed by atoms with Gasteiger partial charge in [-0.05, 0) is 12.1 Å². The Bertz CT molecular complexity index is 519. The number of rotatable bonds is 4. The van der Waals surface area contributed by atoms with Crippen molar-refractivity contribution in [2.45, 2.75) is 0 Å². The number of nitrogens with zero attached hydrogens (tertiary/aromatic N) is 1. The number of benzene rings is 1. The van der Waals surface area contributed by atoms with Crippen molar-refractivity contribution in [1.82, 2.24) is 0 Å².